The first-order valence-corrected chi connectivity index (χ1v) is 6.65. The van der Waals surface area contributed by atoms with Crippen LogP contribution in [-0.4, -0.2) is 29.9 Å². The zero-order valence-corrected chi connectivity index (χ0v) is 12.6. The molecule has 6 nitrogen and oxygen atoms in total. The third kappa shape index (κ3) is 3.16. The van der Waals surface area contributed by atoms with Crippen molar-refractivity contribution < 1.29 is 14.3 Å². The lowest BCUT2D eigenvalue weighted by atomic mass is 10.1. The fraction of sp³-hybridized carbons (Fsp3) is 0.333. The lowest BCUT2D eigenvalue weighted by molar-refractivity contribution is 0.102. The number of nitrogens with one attached hydrogen (secondary N) is 1. The third-order valence-corrected chi connectivity index (χ3v) is 3.23. The van der Waals surface area contributed by atoms with Gasteiger partial charge in [-0.25, -0.2) is 0 Å². The van der Waals surface area contributed by atoms with Crippen molar-refractivity contribution in [2.24, 2.45) is 0 Å². The second kappa shape index (κ2) is 6.30. The lowest BCUT2D eigenvalue weighted by Gasteiger charge is -2.12. The second-order valence-corrected chi connectivity index (χ2v) is 4.54. The van der Waals surface area contributed by atoms with Gasteiger partial charge in [-0.2, -0.15) is 5.10 Å². The van der Waals surface area contributed by atoms with E-state index in [9.17, 15) is 4.79 Å². The molecule has 1 aromatic heterocycles. The van der Waals surface area contributed by atoms with E-state index in [0.717, 1.165) is 12.1 Å². The van der Waals surface area contributed by atoms with Crippen molar-refractivity contribution in [2.75, 3.05) is 19.5 Å². The number of hydrogen-bond donors (Lipinski definition) is 1. The summed E-state index contributed by atoms with van der Waals surface area (Å²) in [5, 5.41) is 6.92. The zero-order chi connectivity index (χ0) is 15.4. The molecule has 0 aliphatic rings. The average molecular weight is 289 g/mol. The van der Waals surface area contributed by atoms with Crippen LogP contribution in [0, 0.1) is 6.92 Å². The van der Waals surface area contributed by atoms with Crippen LogP contribution in [0.3, 0.4) is 0 Å². The number of carbonyl (C=O) groups is 1. The number of nitrogens with zero attached hydrogens (tertiary/aromatic N) is 2. The standard InChI is InChI=1S/C15H19N3O3/c1-5-18-9-12(8-16-18)17-15(19)11-6-13(20-3)10(2)14(7-11)21-4/h6-9H,5H2,1-4H3,(H,17,19). The minimum Gasteiger partial charge on any atom is -0.496 e. The lowest BCUT2D eigenvalue weighted by Crippen LogP contribution is -2.12. The quantitative estimate of drug-likeness (QED) is 0.918. The summed E-state index contributed by atoms with van der Waals surface area (Å²) in [5.41, 5.74) is 1.98. The van der Waals surface area contributed by atoms with E-state index in [0.29, 0.717) is 22.7 Å². The van der Waals surface area contributed by atoms with Gasteiger partial charge in [0.1, 0.15) is 11.5 Å². The number of rotatable bonds is 5. The molecule has 0 radical (unpaired) electrons. The zero-order valence-electron chi connectivity index (χ0n) is 12.6. The van der Waals surface area contributed by atoms with Crippen molar-refractivity contribution in [2.45, 2.75) is 20.4 Å². The largest absolute Gasteiger partial charge is 0.496 e. The number of hydrogen-bond acceptors (Lipinski definition) is 4. The molecule has 0 saturated heterocycles. The van der Waals surface area contributed by atoms with Crippen molar-refractivity contribution >= 4 is 11.6 Å². The van der Waals surface area contributed by atoms with Crippen LogP contribution in [0.15, 0.2) is 24.5 Å². The Labute approximate surface area is 123 Å². The van der Waals surface area contributed by atoms with E-state index < -0.39 is 0 Å². The predicted octanol–water partition coefficient (Wildman–Crippen LogP) is 2.48. The van der Waals surface area contributed by atoms with Crippen molar-refractivity contribution in [1.29, 1.82) is 0 Å². The average Bonchev–Trinajstić information content (AvgIpc) is 2.95. The van der Waals surface area contributed by atoms with Crippen LogP contribution in [0.1, 0.15) is 22.8 Å². The number of carbonyl (C=O) groups excluding carboxylic acids is 1. The van der Waals surface area contributed by atoms with E-state index in [1.54, 1.807) is 43.4 Å². The minimum absolute atomic E-state index is 0.234. The smallest absolute Gasteiger partial charge is 0.256 e. The number of amides is 1. The summed E-state index contributed by atoms with van der Waals surface area (Å²) in [7, 11) is 3.13. The normalized spacial score (nSPS) is 10.3. The summed E-state index contributed by atoms with van der Waals surface area (Å²) in [6.45, 7) is 4.61. The molecule has 0 bridgehead atoms. The van der Waals surface area contributed by atoms with Crippen LogP contribution < -0.4 is 14.8 Å². The topological polar surface area (TPSA) is 65.4 Å². The number of aromatic nitrogens is 2. The summed E-state index contributed by atoms with van der Waals surface area (Å²) >= 11 is 0. The van der Waals surface area contributed by atoms with Crippen LogP contribution in [0.2, 0.25) is 0 Å². The third-order valence-electron chi connectivity index (χ3n) is 3.23. The molecule has 1 aromatic carbocycles. The van der Waals surface area contributed by atoms with E-state index in [1.807, 2.05) is 13.8 Å². The van der Waals surface area contributed by atoms with Crippen LogP contribution in [-0.2, 0) is 6.54 Å². The summed E-state index contributed by atoms with van der Waals surface area (Å²) < 4.78 is 12.3. The molecule has 2 rings (SSSR count). The maximum Gasteiger partial charge on any atom is 0.256 e. The molecule has 0 aliphatic heterocycles. The Morgan fingerprint density at radius 3 is 2.38 bits per heavy atom. The number of ether oxygens (including phenoxy) is 2. The monoisotopic (exact) mass is 289 g/mol. The van der Waals surface area contributed by atoms with Gasteiger partial charge in [-0.15, -0.1) is 0 Å². The van der Waals surface area contributed by atoms with E-state index >= 15 is 0 Å². The van der Waals surface area contributed by atoms with Crippen molar-refractivity contribution in [3.63, 3.8) is 0 Å². The molecular formula is C15H19N3O3. The molecule has 0 spiro atoms. The second-order valence-electron chi connectivity index (χ2n) is 4.54. The van der Waals surface area contributed by atoms with Gasteiger partial charge in [-0.3, -0.25) is 9.48 Å². The first-order valence-electron chi connectivity index (χ1n) is 6.65. The summed E-state index contributed by atoms with van der Waals surface area (Å²) in [5.74, 6) is 0.995. The van der Waals surface area contributed by atoms with E-state index in [-0.39, 0.29) is 5.91 Å². The molecule has 0 atom stereocenters. The predicted molar refractivity (Wildman–Crippen MR) is 80.1 cm³/mol. The van der Waals surface area contributed by atoms with Gasteiger partial charge in [0, 0.05) is 23.9 Å². The Kier molecular flexibility index (Phi) is 4.47. The highest BCUT2D eigenvalue weighted by Crippen LogP contribution is 2.29. The molecule has 0 aliphatic carbocycles. The van der Waals surface area contributed by atoms with Crippen LogP contribution in [0.5, 0.6) is 11.5 Å². The molecule has 0 unspecified atom stereocenters. The molecule has 1 N–H and O–H groups in total. The molecule has 112 valence electrons. The number of methoxy groups -OCH3 is 2. The number of aryl methyl sites for hydroxylation is 1. The van der Waals surface area contributed by atoms with Gasteiger partial charge >= 0.3 is 0 Å². The van der Waals surface area contributed by atoms with Crippen molar-refractivity contribution in [3.05, 3.63) is 35.7 Å². The fourth-order valence-electron chi connectivity index (χ4n) is 2.02. The highest BCUT2D eigenvalue weighted by atomic mass is 16.5. The Balaban J connectivity index is 2.26. The highest BCUT2D eigenvalue weighted by Gasteiger charge is 2.14. The van der Waals surface area contributed by atoms with Crippen LogP contribution >= 0.6 is 0 Å². The fourth-order valence-corrected chi connectivity index (χ4v) is 2.02. The van der Waals surface area contributed by atoms with Crippen LogP contribution in [0.25, 0.3) is 0 Å². The van der Waals surface area contributed by atoms with Gasteiger partial charge in [0.25, 0.3) is 5.91 Å². The SMILES string of the molecule is CCn1cc(NC(=O)c2cc(OC)c(C)c(OC)c2)cn1. The first-order chi connectivity index (χ1) is 10.1. The molecular weight excluding hydrogens is 270 g/mol. The van der Waals surface area contributed by atoms with Gasteiger partial charge < -0.3 is 14.8 Å². The van der Waals surface area contributed by atoms with Crippen molar-refractivity contribution in [3.8, 4) is 11.5 Å². The van der Waals surface area contributed by atoms with Gasteiger partial charge in [0.05, 0.1) is 26.1 Å². The molecule has 1 heterocycles. The van der Waals surface area contributed by atoms with Gasteiger partial charge in [0.2, 0.25) is 0 Å². The molecule has 1 amide bonds. The minimum atomic E-state index is -0.234. The van der Waals surface area contributed by atoms with Gasteiger partial charge in [-0.05, 0) is 26.0 Å². The summed E-state index contributed by atoms with van der Waals surface area (Å²) in [6.07, 6.45) is 3.39. The molecule has 2 aromatic rings. The van der Waals surface area contributed by atoms with E-state index in [4.69, 9.17) is 9.47 Å². The highest BCUT2D eigenvalue weighted by molar-refractivity contribution is 6.04. The summed E-state index contributed by atoms with van der Waals surface area (Å²) in [6, 6.07) is 3.38. The number of benzene rings is 1. The maximum absolute atomic E-state index is 12.3. The molecule has 6 heteroatoms. The maximum atomic E-state index is 12.3. The van der Waals surface area contributed by atoms with Gasteiger partial charge in [0.15, 0.2) is 0 Å². The molecule has 0 fully saturated rings. The van der Waals surface area contributed by atoms with E-state index in [2.05, 4.69) is 10.4 Å². The Morgan fingerprint density at radius 1 is 1.29 bits per heavy atom. The Hall–Kier alpha value is -2.50. The van der Waals surface area contributed by atoms with Crippen molar-refractivity contribution in [1.82, 2.24) is 9.78 Å². The van der Waals surface area contributed by atoms with E-state index in [1.165, 1.54) is 0 Å². The molecule has 0 saturated carbocycles. The van der Waals surface area contributed by atoms with Crippen LogP contribution in [0.4, 0.5) is 5.69 Å². The molecule has 21 heavy (non-hydrogen) atoms. The number of anilines is 1. The summed E-state index contributed by atoms with van der Waals surface area (Å²) in [4.78, 5) is 12.3. The first kappa shape index (κ1) is 14.9. The Morgan fingerprint density at radius 2 is 1.90 bits per heavy atom. The Bertz CT molecular complexity index is 624. The van der Waals surface area contributed by atoms with Gasteiger partial charge in [-0.1, -0.05) is 0 Å².